The summed E-state index contributed by atoms with van der Waals surface area (Å²) in [5, 5.41) is 6.50. The van der Waals surface area contributed by atoms with E-state index in [0.29, 0.717) is 0 Å². The van der Waals surface area contributed by atoms with Crippen molar-refractivity contribution in [3.8, 4) is 0 Å². The second-order valence-electron chi connectivity index (χ2n) is 5.10. The maximum Gasteiger partial charge on any atom is 0.290 e. The average molecular weight is 302 g/mol. The van der Waals surface area contributed by atoms with Crippen LogP contribution >= 0.6 is 0 Å². The maximum absolute atomic E-state index is 11.9. The van der Waals surface area contributed by atoms with Gasteiger partial charge in [-0.3, -0.25) is 4.79 Å². The van der Waals surface area contributed by atoms with E-state index in [4.69, 9.17) is 4.52 Å². The van der Waals surface area contributed by atoms with Gasteiger partial charge in [0.25, 0.3) is 5.91 Å². The van der Waals surface area contributed by atoms with Crippen molar-refractivity contribution in [1.29, 1.82) is 0 Å². The van der Waals surface area contributed by atoms with Gasteiger partial charge >= 0.3 is 0 Å². The lowest BCUT2D eigenvalue weighted by atomic mass is 9.99. The third-order valence-corrected chi connectivity index (χ3v) is 4.19. The Morgan fingerprint density at radius 1 is 1.40 bits per heavy atom. The fraction of sp³-hybridized carbons (Fsp3) is 0.692. The molecule has 0 bridgehead atoms. The van der Waals surface area contributed by atoms with Crippen molar-refractivity contribution in [3.63, 3.8) is 0 Å². The second kappa shape index (κ2) is 6.88. The van der Waals surface area contributed by atoms with E-state index in [1.165, 1.54) is 0 Å². The van der Waals surface area contributed by atoms with Crippen molar-refractivity contribution in [1.82, 2.24) is 10.5 Å². The first-order chi connectivity index (χ1) is 9.26. The molecule has 1 aromatic rings. The van der Waals surface area contributed by atoms with E-state index in [1.807, 2.05) is 0 Å². The first-order valence-electron chi connectivity index (χ1n) is 6.72. The van der Waals surface area contributed by atoms with E-state index in [0.717, 1.165) is 24.8 Å². The highest BCUT2D eigenvalue weighted by molar-refractivity contribution is 7.90. The lowest BCUT2D eigenvalue weighted by molar-refractivity contribution is 0.0906. The van der Waals surface area contributed by atoms with Crippen molar-refractivity contribution < 1.29 is 17.7 Å². The Balaban J connectivity index is 2.69. The molecule has 114 valence electrons. The predicted molar refractivity (Wildman–Crippen MR) is 76.5 cm³/mol. The zero-order valence-corrected chi connectivity index (χ0v) is 13.2. The maximum atomic E-state index is 11.9. The van der Waals surface area contributed by atoms with Gasteiger partial charge in [0.05, 0.1) is 11.4 Å². The molecule has 1 aromatic heterocycles. The standard InChI is InChI=1S/C13H22N2O4S/c1-5-10(6-2)11-7-12(19-15-11)13(16)14-9(3)8-20(4,17)18/h7,9-10H,5-6,8H2,1-4H3,(H,14,16)/t9-/m1/s1. The van der Waals surface area contributed by atoms with Crippen molar-refractivity contribution in [2.24, 2.45) is 0 Å². The summed E-state index contributed by atoms with van der Waals surface area (Å²) in [6, 6.07) is 1.15. The smallest absolute Gasteiger partial charge is 0.290 e. The number of carbonyl (C=O) groups is 1. The number of amides is 1. The van der Waals surface area contributed by atoms with Crippen molar-refractivity contribution >= 4 is 15.7 Å². The fourth-order valence-corrected chi connectivity index (χ4v) is 3.08. The Hall–Kier alpha value is -1.37. The molecule has 1 atom stereocenters. The lowest BCUT2D eigenvalue weighted by Crippen LogP contribution is -2.37. The molecule has 0 radical (unpaired) electrons. The quantitative estimate of drug-likeness (QED) is 0.828. The molecule has 0 spiro atoms. The molecule has 20 heavy (non-hydrogen) atoms. The van der Waals surface area contributed by atoms with Crippen LogP contribution in [0.5, 0.6) is 0 Å². The molecule has 1 N–H and O–H groups in total. The average Bonchev–Trinajstić information content (AvgIpc) is 2.77. The minimum absolute atomic E-state index is 0.105. The van der Waals surface area contributed by atoms with Crippen LogP contribution in [-0.2, 0) is 9.84 Å². The number of hydrogen-bond acceptors (Lipinski definition) is 5. The van der Waals surface area contributed by atoms with Crippen LogP contribution in [0.2, 0.25) is 0 Å². The molecule has 0 unspecified atom stereocenters. The normalized spacial score (nSPS) is 13.4. The number of rotatable bonds is 7. The second-order valence-corrected chi connectivity index (χ2v) is 7.28. The van der Waals surface area contributed by atoms with Gasteiger partial charge in [-0.05, 0) is 19.8 Å². The Kier molecular flexibility index (Phi) is 5.74. The van der Waals surface area contributed by atoms with Gasteiger partial charge in [0.15, 0.2) is 0 Å². The monoisotopic (exact) mass is 302 g/mol. The zero-order chi connectivity index (χ0) is 15.3. The van der Waals surface area contributed by atoms with E-state index < -0.39 is 21.8 Å². The molecule has 7 heteroatoms. The van der Waals surface area contributed by atoms with Crippen LogP contribution in [0.1, 0.15) is 55.8 Å². The number of nitrogens with one attached hydrogen (secondary N) is 1. The van der Waals surface area contributed by atoms with Crippen molar-refractivity contribution in [2.45, 2.75) is 45.6 Å². The van der Waals surface area contributed by atoms with Gasteiger partial charge in [0, 0.05) is 24.3 Å². The topological polar surface area (TPSA) is 89.3 Å². The van der Waals surface area contributed by atoms with E-state index in [9.17, 15) is 13.2 Å². The van der Waals surface area contributed by atoms with Crippen LogP contribution in [0.3, 0.4) is 0 Å². The summed E-state index contributed by atoms with van der Waals surface area (Å²) in [5.41, 5.74) is 0.760. The Bertz CT molecular complexity index is 546. The van der Waals surface area contributed by atoms with E-state index in [2.05, 4.69) is 24.3 Å². The third kappa shape index (κ3) is 4.96. The highest BCUT2D eigenvalue weighted by atomic mass is 32.2. The van der Waals surface area contributed by atoms with Gasteiger partial charge in [-0.25, -0.2) is 8.42 Å². The van der Waals surface area contributed by atoms with Crippen molar-refractivity contribution in [3.05, 3.63) is 17.5 Å². The van der Waals surface area contributed by atoms with Crippen LogP contribution in [0.25, 0.3) is 0 Å². The minimum Gasteiger partial charge on any atom is -0.351 e. The molecule has 1 rings (SSSR count). The van der Waals surface area contributed by atoms with Crippen molar-refractivity contribution in [2.75, 3.05) is 12.0 Å². The molecule has 0 aromatic carbocycles. The van der Waals surface area contributed by atoms with Gasteiger partial charge in [-0.2, -0.15) is 0 Å². The summed E-state index contributed by atoms with van der Waals surface area (Å²) < 4.78 is 27.3. The molecule has 0 saturated carbocycles. The molecule has 1 heterocycles. The molecule has 1 amide bonds. The van der Waals surface area contributed by atoms with E-state index in [-0.39, 0.29) is 17.4 Å². The van der Waals surface area contributed by atoms with Crippen LogP contribution < -0.4 is 5.32 Å². The summed E-state index contributed by atoms with van der Waals surface area (Å²) in [7, 11) is -3.13. The molecule has 0 aliphatic carbocycles. The van der Waals surface area contributed by atoms with Crippen LogP contribution in [0, 0.1) is 0 Å². The minimum atomic E-state index is -3.13. The summed E-state index contributed by atoms with van der Waals surface area (Å²) in [5.74, 6) is -0.154. The Morgan fingerprint density at radius 3 is 2.50 bits per heavy atom. The predicted octanol–water partition coefficient (Wildman–Crippen LogP) is 1.74. The van der Waals surface area contributed by atoms with E-state index >= 15 is 0 Å². The van der Waals surface area contributed by atoms with Gasteiger partial charge in [-0.1, -0.05) is 19.0 Å². The van der Waals surface area contributed by atoms with Gasteiger partial charge < -0.3 is 9.84 Å². The molecule has 0 saturated heterocycles. The van der Waals surface area contributed by atoms with Crippen LogP contribution in [0.15, 0.2) is 10.6 Å². The summed E-state index contributed by atoms with van der Waals surface area (Å²) in [6.07, 6.45) is 2.98. The summed E-state index contributed by atoms with van der Waals surface area (Å²) in [4.78, 5) is 11.9. The largest absolute Gasteiger partial charge is 0.351 e. The highest BCUT2D eigenvalue weighted by Crippen LogP contribution is 2.22. The molecule has 6 nitrogen and oxygen atoms in total. The van der Waals surface area contributed by atoms with Crippen LogP contribution in [-0.4, -0.2) is 37.5 Å². The first-order valence-corrected chi connectivity index (χ1v) is 8.78. The summed E-state index contributed by atoms with van der Waals surface area (Å²) >= 11 is 0. The number of hydrogen-bond donors (Lipinski definition) is 1. The number of aromatic nitrogens is 1. The highest BCUT2D eigenvalue weighted by Gasteiger charge is 2.20. The lowest BCUT2D eigenvalue weighted by Gasteiger charge is -2.10. The third-order valence-electron chi connectivity index (χ3n) is 3.09. The number of nitrogens with zero attached hydrogens (tertiary/aromatic N) is 1. The fourth-order valence-electron chi connectivity index (χ4n) is 2.09. The first kappa shape index (κ1) is 16.7. The molecule has 0 aliphatic rings. The zero-order valence-electron chi connectivity index (χ0n) is 12.3. The van der Waals surface area contributed by atoms with Gasteiger partial charge in [0.2, 0.25) is 5.76 Å². The Morgan fingerprint density at radius 2 is 2.00 bits per heavy atom. The molecule has 0 aliphatic heterocycles. The van der Waals surface area contributed by atoms with Gasteiger partial charge in [-0.15, -0.1) is 0 Å². The molecular formula is C13H22N2O4S. The number of carbonyl (C=O) groups excluding carboxylic acids is 1. The Labute approximate surface area is 119 Å². The van der Waals surface area contributed by atoms with E-state index in [1.54, 1.807) is 13.0 Å². The molecular weight excluding hydrogens is 280 g/mol. The summed E-state index contributed by atoms with van der Waals surface area (Å²) in [6.45, 7) is 5.74. The number of sulfone groups is 1. The molecule has 0 fully saturated rings. The van der Waals surface area contributed by atoms with Gasteiger partial charge in [0.1, 0.15) is 9.84 Å². The SMILES string of the molecule is CCC(CC)c1cc(C(=O)N[C@H](C)CS(C)(=O)=O)on1. The van der Waals surface area contributed by atoms with Crippen LogP contribution in [0.4, 0.5) is 0 Å².